The molecule has 1 unspecified atom stereocenters. The van der Waals surface area contributed by atoms with Gasteiger partial charge in [-0.1, -0.05) is 6.07 Å². The number of hydrogen-bond donors (Lipinski definition) is 1. The summed E-state index contributed by atoms with van der Waals surface area (Å²) < 4.78 is 40.4. The van der Waals surface area contributed by atoms with Gasteiger partial charge in [0.1, 0.15) is 0 Å². The number of amides is 1. The number of nitrogens with one attached hydrogen (secondary N) is 1. The molecule has 3 aromatic rings. The molecule has 29 heavy (non-hydrogen) atoms. The van der Waals surface area contributed by atoms with Crippen LogP contribution < -0.4 is 10.2 Å². The Morgan fingerprint density at radius 1 is 1.24 bits per heavy atom. The molecule has 6 nitrogen and oxygen atoms in total. The minimum atomic E-state index is -4.42. The molecule has 1 aliphatic heterocycles. The average molecular weight is 403 g/mol. The van der Waals surface area contributed by atoms with Gasteiger partial charge >= 0.3 is 6.18 Å². The Morgan fingerprint density at radius 2 is 2.07 bits per heavy atom. The first-order chi connectivity index (χ1) is 13.8. The first kappa shape index (κ1) is 19.2. The first-order valence-electron chi connectivity index (χ1n) is 9.27. The molecule has 1 aromatic carbocycles. The quantitative estimate of drug-likeness (QED) is 0.728. The summed E-state index contributed by atoms with van der Waals surface area (Å²) in [5.74, 6) is -0.109. The van der Waals surface area contributed by atoms with Crippen molar-refractivity contribution in [1.82, 2.24) is 20.1 Å². The number of carbonyl (C=O) groups is 1. The zero-order valence-corrected chi connectivity index (χ0v) is 15.8. The second-order valence-electron chi connectivity index (χ2n) is 7.27. The van der Waals surface area contributed by atoms with Crippen LogP contribution in [-0.4, -0.2) is 39.8 Å². The maximum atomic E-state index is 12.9. The molecule has 1 amide bonds. The van der Waals surface area contributed by atoms with Crippen molar-refractivity contribution in [2.45, 2.75) is 25.1 Å². The standard InChI is InChI=1S/C20H20F3N5O/c1-27-18-3-2-13(6-14(18)9-25-27)7-19(29)26-16-4-5-28(12-16)17-8-15(10-24-11-17)20(21,22)23/h2-3,6,8-11,16H,4-5,7,12H2,1H3,(H,26,29). The summed E-state index contributed by atoms with van der Waals surface area (Å²) in [7, 11) is 1.86. The Kier molecular flexibility index (Phi) is 4.89. The van der Waals surface area contributed by atoms with Gasteiger partial charge in [0.25, 0.3) is 0 Å². The molecule has 1 saturated heterocycles. The van der Waals surface area contributed by atoms with E-state index in [4.69, 9.17) is 0 Å². The fourth-order valence-electron chi connectivity index (χ4n) is 3.66. The molecular weight excluding hydrogens is 383 g/mol. The molecule has 1 N–H and O–H groups in total. The highest BCUT2D eigenvalue weighted by Gasteiger charge is 2.32. The van der Waals surface area contributed by atoms with Crippen molar-refractivity contribution in [1.29, 1.82) is 0 Å². The number of aryl methyl sites for hydroxylation is 1. The normalized spacial score (nSPS) is 17.1. The van der Waals surface area contributed by atoms with Crippen molar-refractivity contribution in [3.8, 4) is 0 Å². The fourth-order valence-corrected chi connectivity index (χ4v) is 3.66. The van der Waals surface area contributed by atoms with E-state index in [2.05, 4.69) is 15.4 Å². The lowest BCUT2D eigenvalue weighted by Gasteiger charge is -2.20. The van der Waals surface area contributed by atoms with Crippen LogP contribution in [0.3, 0.4) is 0 Å². The Bertz CT molecular complexity index is 1050. The van der Waals surface area contributed by atoms with Crippen LogP contribution in [0.25, 0.3) is 10.9 Å². The Hall–Kier alpha value is -3.10. The van der Waals surface area contributed by atoms with Crippen molar-refractivity contribution < 1.29 is 18.0 Å². The zero-order chi connectivity index (χ0) is 20.6. The van der Waals surface area contributed by atoms with Crippen LogP contribution in [0.2, 0.25) is 0 Å². The van der Waals surface area contributed by atoms with Crippen LogP contribution in [0.5, 0.6) is 0 Å². The number of alkyl halides is 3. The number of fused-ring (bicyclic) bond motifs is 1. The highest BCUT2D eigenvalue weighted by atomic mass is 19.4. The maximum absolute atomic E-state index is 12.9. The summed E-state index contributed by atoms with van der Waals surface area (Å²) in [5, 5.41) is 8.15. The lowest BCUT2D eigenvalue weighted by molar-refractivity contribution is -0.137. The first-order valence-corrected chi connectivity index (χ1v) is 9.27. The van der Waals surface area contributed by atoms with Crippen LogP contribution in [-0.2, 0) is 24.4 Å². The molecule has 0 aliphatic carbocycles. The SMILES string of the molecule is Cn1ncc2cc(CC(=O)NC3CCN(c4cncc(C(F)(F)F)c4)C3)ccc21. The van der Waals surface area contributed by atoms with E-state index in [1.165, 1.54) is 6.20 Å². The number of aromatic nitrogens is 3. The van der Waals surface area contributed by atoms with Gasteiger partial charge in [-0.05, 0) is 30.2 Å². The number of anilines is 1. The number of hydrogen-bond acceptors (Lipinski definition) is 4. The lowest BCUT2D eigenvalue weighted by Crippen LogP contribution is -2.38. The van der Waals surface area contributed by atoms with Crippen LogP contribution >= 0.6 is 0 Å². The minimum absolute atomic E-state index is 0.109. The van der Waals surface area contributed by atoms with E-state index in [0.717, 1.165) is 28.7 Å². The molecule has 1 atom stereocenters. The van der Waals surface area contributed by atoms with Gasteiger partial charge in [-0.25, -0.2) is 0 Å². The predicted octanol–water partition coefficient (Wildman–Crippen LogP) is 2.92. The molecule has 1 aliphatic rings. The van der Waals surface area contributed by atoms with E-state index in [-0.39, 0.29) is 18.4 Å². The van der Waals surface area contributed by atoms with E-state index in [1.807, 2.05) is 30.1 Å². The van der Waals surface area contributed by atoms with Gasteiger partial charge in [0.05, 0.1) is 35.6 Å². The third kappa shape index (κ3) is 4.18. The van der Waals surface area contributed by atoms with Gasteiger partial charge in [0.2, 0.25) is 5.91 Å². The van der Waals surface area contributed by atoms with Crippen molar-refractivity contribution in [2.75, 3.05) is 18.0 Å². The number of pyridine rings is 1. The molecule has 9 heteroatoms. The van der Waals surface area contributed by atoms with Crippen molar-refractivity contribution in [2.24, 2.45) is 7.05 Å². The number of halogens is 3. The summed E-state index contributed by atoms with van der Waals surface area (Å²) in [6.45, 7) is 1.02. The zero-order valence-electron chi connectivity index (χ0n) is 15.8. The number of nitrogens with zero attached hydrogens (tertiary/aromatic N) is 4. The lowest BCUT2D eigenvalue weighted by atomic mass is 10.1. The van der Waals surface area contributed by atoms with E-state index in [1.54, 1.807) is 10.9 Å². The molecule has 0 bridgehead atoms. The highest BCUT2D eigenvalue weighted by molar-refractivity contribution is 5.83. The monoisotopic (exact) mass is 403 g/mol. The summed E-state index contributed by atoms with van der Waals surface area (Å²) in [6, 6.07) is 6.76. The third-order valence-corrected chi connectivity index (χ3v) is 5.14. The Balaban J connectivity index is 1.36. The summed E-state index contributed by atoms with van der Waals surface area (Å²) in [5.41, 5.74) is 1.53. The van der Waals surface area contributed by atoms with E-state index >= 15 is 0 Å². The smallest absolute Gasteiger partial charge is 0.368 e. The fraction of sp³-hybridized carbons (Fsp3) is 0.350. The van der Waals surface area contributed by atoms with Gasteiger partial charge in [0.15, 0.2) is 0 Å². The summed E-state index contributed by atoms with van der Waals surface area (Å²) >= 11 is 0. The molecule has 3 heterocycles. The second-order valence-corrected chi connectivity index (χ2v) is 7.27. The van der Waals surface area contributed by atoms with Crippen molar-refractivity contribution in [3.05, 3.63) is 54.0 Å². The minimum Gasteiger partial charge on any atom is -0.368 e. The van der Waals surface area contributed by atoms with Gasteiger partial charge < -0.3 is 10.2 Å². The maximum Gasteiger partial charge on any atom is 0.417 e. The topological polar surface area (TPSA) is 63.1 Å². The molecule has 152 valence electrons. The van der Waals surface area contributed by atoms with Crippen molar-refractivity contribution >= 4 is 22.5 Å². The molecule has 4 rings (SSSR count). The van der Waals surface area contributed by atoms with Gasteiger partial charge in [0, 0.05) is 37.8 Å². The van der Waals surface area contributed by atoms with Gasteiger partial charge in [-0.3, -0.25) is 14.5 Å². The largest absolute Gasteiger partial charge is 0.417 e. The number of benzene rings is 1. The molecular formula is C20H20F3N5O. The van der Waals surface area contributed by atoms with E-state index in [0.29, 0.717) is 25.2 Å². The van der Waals surface area contributed by atoms with Crippen LogP contribution in [0, 0.1) is 0 Å². The van der Waals surface area contributed by atoms with E-state index in [9.17, 15) is 18.0 Å². The Morgan fingerprint density at radius 3 is 2.86 bits per heavy atom. The van der Waals surface area contributed by atoms with Crippen LogP contribution in [0.4, 0.5) is 18.9 Å². The predicted molar refractivity (Wildman–Crippen MR) is 102 cm³/mol. The van der Waals surface area contributed by atoms with E-state index < -0.39 is 11.7 Å². The summed E-state index contributed by atoms with van der Waals surface area (Å²) in [4.78, 5) is 17.9. The molecule has 0 radical (unpaired) electrons. The molecule has 2 aromatic heterocycles. The van der Waals surface area contributed by atoms with Gasteiger partial charge in [-0.2, -0.15) is 18.3 Å². The number of rotatable bonds is 4. The van der Waals surface area contributed by atoms with Crippen LogP contribution in [0.15, 0.2) is 42.9 Å². The van der Waals surface area contributed by atoms with Crippen LogP contribution in [0.1, 0.15) is 17.5 Å². The number of carbonyl (C=O) groups excluding carboxylic acids is 1. The third-order valence-electron chi connectivity index (χ3n) is 5.14. The average Bonchev–Trinajstić information content (AvgIpc) is 3.28. The highest BCUT2D eigenvalue weighted by Crippen LogP contribution is 2.31. The molecule has 0 saturated carbocycles. The summed E-state index contributed by atoms with van der Waals surface area (Å²) in [6.07, 6.45) is 0.483. The molecule has 0 spiro atoms. The van der Waals surface area contributed by atoms with Gasteiger partial charge in [-0.15, -0.1) is 0 Å². The second kappa shape index (κ2) is 7.38. The van der Waals surface area contributed by atoms with Crippen molar-refractivity contribution in [3.63, 3.8) is 0 Å². The molecule has 1 fully saturated rings. The Labute approximate surface area is 165 Å².